The van der Waals surface area contributed by atoms with Gasteiger partial charge >= 0.3 is 0 Å². The zero-order valence-corrected chi connectivity index (χ0v) is 12.2. The normalized spacial score (nSPS) is 12.6. The summed E-state index contributed by atoms with van der Waals surface area (Å²) in [5.74, 6) is 0. The van der Waals surface area contributed by atoms with E-state index >= 15 is 0 Å². The second-order valence-electron chi connectivity index (χ2n) is 4.78. The number of nitrogens with zero attached hydrogens (tertiary/aromatic N) is 2. The van der Waals surface area contributed by atoms with E-state index in [1.807, 2.05) is 30.1 Å². The fraction of sp³-hybridized carbons (Fsp3) is 0.400. The van der Waals surface area contributed by atoms with Crippen LogP contribution in [0, 0.1) is 0 Å². The van der Waals surface area contributed by atoms with Crippen LogP contribution >= 0.6 is 11.6 Å². The summed E-state index contributed by atoms with van der Waals surface area (Å²) in [5.41, 5.74) is 2.51. The maximum Gasteiger partial charge on any atom is 0.0537 e. The van der Waals surface area contributed by atoms with Crippen LogP contribution in [0.5, 0.6) is 0 Å². The molecule has 1 aromatic heterocycles. The molecule has 1 N–H and O–H groups in total. The van der Waals surface area contributed by atoms with E-state index in [0.29, 0.717) is 6.04 Å². The Morgan fingerprint density at radius 1 is 1.32 bits per heavy atom. The molecule has 0 radical (unpaired) electrons. The molecule has 2 rings (SSSR count). The highest BCUT2D eigenvalue weighted by Gasteiger charge is 2.13. The molecule has 1 atom stereocenters. The van der Waals surface area contributed by atoms with E-state index in [0.717, 1.165) is 24.4 Å². The highest BCUT2D eigenvalue weighted by Crippen LogP contribution is 2.19. The molecule has 4 heteroatoms. The van der Waals surface area contributed by atoms with Crippen molar-refractivity contribution in [2.75, 3.05) is 6.54 Å². The van der Waals surface area contributed by atoms with Crippen LogP contribution in [0.2, 0.25) is 5.02 Å². The highest BCUT2D eigenvalue weighted by molar-refractivity contribution is 6.30. The third kappa shape index (κ3) is 4.08. The Morgan fingerprint density at radius 3 is 2.63 bits per heavy atom. The third-order valence-corrected chi connectivity index (χ3v) is 3.37. The zero-order chi connectivity index (χ0) is 13.7. The first-order chi connectivity index (χ1) is 9.19. The Bertz CT molecular complexity index is 504. The van der Waals surface area contributed by atoms with Crippen molar-refractivity contribution in [3.63, 3.8) is 0 Å². The van der Waals surface area contributed by atoms with Crippen molar-refractivity contribution in [1.82, 2.24) is 15.1 Å². The predicted molar refractivity (Wildman–Crippen MR) is 79.4 cm³/mol. The lowest BCUT2D eigenvalue weighted by Gasteiger charge is -2.17. The smallest absolute Gasteiger partial charge is 0.0537 e. The maximum absolute atomic E-state index is 5.92. The SMILES string of the molecule is CCCNC(Cc1ccc(Cl)cc1)c1cnn(C)c1. The Balaban J connectivity index is 2.11. The van der Waals surface area contributed by atoms with E-state index in [1.54, 1.807) is 0 Å². The van der Waals surface area contributed by atoms with Gasteiger partial charge in [0, 0.05) is 29.9 Å². The third-order valence-electron chi connectivity index (χ3n) is 3.12. The summed E-state index contributed by atoms with van der Waals surface area (Å²) in [4.78, 5) is 0. The van der Waals surface area contributed by atoms with E-state index in [9.17, 15) is 0 Å². The molecule has 0 aliphatic carbocycles. The van der Waals surface area contributed by atoms with Gasteiger partial charge in [-0.3, -0.25) is 4.68 Å². The van der Waals surface area contributed by atoms with Gasteiger partial charge in [0.2, 0.25) is 0 Å². The summed E-state index contributed by atoms with van der Waals surface area (Å²) in [7, 11) is 1.95. The summed E-state index contributed by atoms with van der Waals surface area (Å²) in [6.45, 7) is 3.18. The van der Waals surface area contributed by atoms with Crippen molar-refractivity contribution in [3.05, 3.63) is 52.8 Å². The molecule has 0 fully saturated rings. The molecule has 1 unspecified atom stereocenters. The molecule has 0 saturated carbocycles. The largest absolute Gasteiger partial charge is 0.310 e. The van der Waals surface area contributed by atoms with Crippen LogP contribution in [0.25, 0.3) is 0 Å². The monoisotopic (exact) mass is 277 g/mol. The van der Waals surface area contributed by atoms with Crippen LogP contribution < -0.4 is 5.32 Å². The number of halogens is 1. The molecule has 0 spiro atoms. The van der Waals surface area contributed by atoms with Gasteiger partial charge in [-0.1, -0.05) is 30.7 Å². The number of rotatable bonds is 6. The zero-order valence-electron chi connectivity index (χ0n) is 11.4. The summed E-state index contributed by atoms with van der Waals surface area (Å²) < 4.78 is 1.85. The van der Waals surface area contributed by atoms with Crippen LogP contribution in [-0.2, 0) is 13.5 Å². The fourth-order valence-electron chi connectivity index (χ4n) is 2.10. The molecule has 102 valence electrons. The van der Waals surface area contributed by atoms with E-state index in [4.69, 9.17) is 11.6 Å². The molecule has 0 amide bonds. The Morgan fingerprint density at radius 2 is 2.05 bits per heavy atom. The highest BCUT2D eigenvalue weighted by atomic mass is 35.5. The molecule has 1 aromatic carbocycles. The van der Waals surface area contributed by atoms with Crippen molar-refractivity contribution in [3.8, 4) is 0 Å². The molecular formula is C15H20ClN3. The predicted octanol–water partition coefficient (Wildman–Crippen LogP) is 3.36. The number of aromatic nitrogens is 2. The number of hydrogen-bond acceptors (Lipinski definition) is 2. The number of aryl methyl sites for hydroxylation is 1. The second kappa shape index (κ2) is 6.73. The summed E-state index contributed by atoms with van der Waals surface area (Å²) in [5, 5.41) is 8.61. The van der Waals surface area contributed by atoms with Gasteiger partial charge in [-0.05, 0) is 37.1 Å². The van der Waals surface area contributed by atoms with Crippen LogP contribution in [0.4, 0.5) is 0 Å². The number of benzene rings is 1. The van der Waals surface area contributed by atoms with Gasteiger partial charge < -0.3 is 5.32 Å². The number of nitrogens with one attached hydrogen (secondary N) is 1. The molecule has 2 aromatic rings. The van der Waals surface area contributed by atoms with Crippen LogP contribution in [0.15, 0.2) is 36.7 Å². The minimum atomic E-state index is 0.301. The standard InChI is InChI=1S/C15H20ClN3/c1-3-8-17-15(13-10-18-19(2)11-13)9-12-4-6-14(16)7-5-12/h4-7,10-11,15,17H,3,8-9H2,1-2H3. The van der Waals surface area contributed by atoms with E-state index in [1.165, 1.54) is 11.1 Å². The van der Waals surface area contributed by atoms with Gasteiger partial charge in [0.1, 0.15) is 0 Å². The quantitative estimate of drug-likeness (QED) is 0.877. The van der Waals surface area contributed by atoms with Gasteiger partial charge in [0.15, 0.2) is 0 Å². The lowest BCUT2D eigenvalue weighted by Crippen LogP contribution is -2.23. The molecule has 0 bridgehead atoms. The van der Waals surface area contributed by atoms with Crippen LogP contribution in [-0.4, -0.2) is 16.3 Å². The van der Waals surface area contributed by atoms with Gasteiger partial charge in [-0.15, -0.1) is 0 Å². The van der Waals surface area contributed by atoms with Crippen molar-refractivity contribution in [2.45, 2.75) is 25.8 Å². The molecule has 19 heavy (non-hydrogen) atoms. The van der Waals surface area contributed by atoms with Crippen molar-refractivity contribution in [1.29, 1.82) is 0 Å². The average molecular weight is 278 g/mol. The first kappa shape index (κ1) is 14.1. The summed E-state index contributed by atoms with van der Waals surface area (Å²) >= 11 is 5.92. The topological polar surface area (TPSA) is 29.9 Å². The lowest BCUT2D eigenvalue weighted by atomic mass is 10.0. The Hall–Kier alpha value is -1.32. The maximum atomic E-state index is 5.92. The van der Waals surface area contributed by atoms with Gasteiger partial charge in [-0.2, -0.15) is 5.10 Å². The van der Waals surface area contributed by atoms with Crippen molar-refractivity contribution >= 4 is 11.6 Å². The van der Waals surface area contributed by atoms with Gasteiger partial charge in [0.05, 0.1) is 6.20 Å². The molecular weight excluding hydrogens is 258 g/mol. The first-order valence-corrected chi connectivity index (χ1v) is 7.03. The van der Waals surface area contributed by atoms with E-state index < -0.39 is 0 Å². The lowest BCUT2D eigenvalue weighted by molar-refractivity contribution is 0.529. The van der Waals surface area contributed by atoms with Crippen LogP contribution in [0.3, 0.4) is 0 Å². The fourth-order valence-corrected chi connectivity index (χ4v) is 2.23. The minimum absolute atomic E-state index is 0.301. The molecule has 1 heterocycles. The van der Waals surface area contributed by atoms with Crippen molar-refractivity contribution < 1.29 is 0 Å². The summed E-state index contributed by atoms with van der Waals surface area (Å²) in [6, 6.07) is 8.35. The van der Waals surface area contributed by atoms with Gasteiger partial charge in [-0.25, -0.2) is 0 Å². The average Bonchev–Trinajstić information content (AvgIpc) is 2.83. The molecule has 3 nitrogen and oxygen atoms in total. The van der Waals surface area contributed by atoms with Gasteiger partial charge in [0.25, 0.3) is 0 Å². The van der Waals surface area contributed by atoms with E-state index in [2.05, 4.69) is 35.7 Å². The minimum Gasteiger partial charge on any atom is -0.310 e. The number of hydrogen-bond donors (Lipinski definition) is 1. The Labute approximate surface area is 119 Å². The van der Waals surface area contributed by atoms with E-state index in [-0.39, 0.29) is 0 Å². The van der Waals surface area contributed by atoms with Crippen molar-refractivity contribution in [2.24, 2.45) is 7.05 Å². The molecule has 0 aliphatic rings. The van der Waals surface area contributed by atoms with Crippen LogP contribution in [0.1, 0.15) is 30.5 Å². The second-order valence-corrected chi connectivity index (χ2v) is 5.22. The molecule has 0 aliphatic heterocycles. The summed E-state index contributed by atoms with van der Waals surface area (Å²) in [6.07, 6.45) is 6.08. The first-order valence-electron chi connectivity index (χ1n) is 6.65. The Kier molecular flexibility index (Phi) is 5.00. The molecule has 0 saturated heterocycles.